The van der Waals surface area contributed by atoms with Crippen LogP contribution < -0.4 is 9.62 Å². The molecule has 3 aromatic rings. The van der Waals surface area contributed by atoms with E-state index >= 15 is 0 Å². The Hall–Kier alpha value is -3.72. The third-order valence-electron chi connectivity index (χ3n) is 6.37. The topological polar surface area (TPSA) is 86.8 Å². The van der Waals surface area contributed by atoms with Crippen molar-refractivity contribution < 1.29 is 22.4 Å². The number of nitrogens with zero attached hydrogens (tertiary/aromatic N) is 2. The Morgan fingerprint density at radius 2 is 1.59 bits per heavy atom. The number of sulfonamides is 1. The summed E-state index contributed by atoms with van der Waals surface area (Å²) in [5, 5.41) is 2.86. The van der Waals surface area contributed by atoms with Crippen molar-refractivity contribution in [2.75, 3.05) is 17.4 Å². The van der Waals surface area contributed by atoms with Crippen LogP contribution in [0.5, 0.6) is 0 Å². The Kier molecular flexibility index (Phi) is 10.2. The summed E-state index contributed by atoms with van der Waals surface area (Å²) in [6.07, 6.45) is 1.08. The molecule has 0 aromatic heterocycles. The van der Waals surface area contributed by atoms with E-state index in [-0.39, 0.29) is 23.0 Å². The smallest absolute Gasteiger partial charge is 0.264 e. The summed E-state index contributed by atoms with van der Waals surface area (Å²) in [5.74, 6) is -1.37. The molecule has 9 heteroatoms. The Balaban J connectivity index is 2.04. The van der Waals surface area contributed by atoms with Crippen LogP contribution in [0.25, 0.3) is 0 Å². The highest BCUT2D eigenvalue weighted by atomic mass is 32.2. The van der Waals surface area contributed by atoms with Gasteiger partial charge in [0, 0.05) is 13.1 Å². The van der Waals surface area contributed by atoms with Crippen molar-refractivity contribution in [1.29, 1.82) is 0 Å². The number of rotatable bonds is 12. The minimum atomic E-state index is -4.20. The van der Waals surface area contributed by atoms with E-state index in [2.05, 4.69) is 5.32 Å². The SMILES string of the molecule is CCCNC(=O)[C@@H](CC)N(Cc1cccc(C)c1)C(=O)CN(c1ccc(F)cc1)S(=O)(=O)c1ccc(C)cc1. The molecule has 7 nitrogen and oxygen atoms in total. The molecule has 0 saturated heterocycles. The van der Waals surface area contributed by atoms with Crippen LogP contribution in [0.3, 0.4) is 0 Å². The molecule has 3 aromatic carbocycles. The highest BCUT2D eigenvalue weighted by Gasteiger charge is 2.33. The fraction of sp³-hybridized carbons (Fsp3) is 0.333. The van der Waals surface area contributed by atoms with Gasteiger partial charge < -0.3 is 10.2 Å². The average Bonchev–Trinajstić information content (AvgIpc) is 2.91. The van der Waals surface area contributed by atoms with Crippen LogP contribution >= 0.6 is 0 Å². The lowest BCUT2D eigenvalue weighted by Gasteiger charge is -2.33. The fourth-order valence-corrected chi connectivity index (χ4v) is 5.68. The molecule has 3 rings (SSSR count). The Labute approximate surface area is 230 Å². The lowest BCUT2D eigenvalue weighted by atomic mass is 10.1. The van der Waals surface area contributed by atoms with Crippen molar-refractivity contribution in [2.24, 2.45) is 0 Å². The van der Waals surface area contributed by atoms with Crippen molar-refractivity contribution in [1.82, 2.24) is 10.2 Å². The molecule has 208 valence electrons. The van der Waals surface area contributed by atoms with Crippen LogP contribution in [-0.4, -0.2) is 44.3 Å². The van der Waals surface area contributed by atoms with Gasteiger partial charge in [0.2, 0.25) is 11.8 Å². The molecule has 0 radical (unpaired) electrons. The molecule has 0 bridgehead atoms. The molecule has 0 aliphatic heterocycles. The number of carbonyl (C=O) groups excluding carboxylic acids is 2. The highest BCUT2D eigenvalue weighted by Crippen LogP contribution is 2.25. The number of halogens is 1. The van der Waals surface area contributed by atoms with Crippen molar-refractivity contribution in [3.8, 4) is 0 Å². The predicted octanol–water partition coefficient (Wildman–Crippen LogP) is 4.97. The Bertz CT molecular complexity index is 1380. The zero-order chi connectivity index (χ0) is 28.6. The maximum atomic E-state index is 14.0. The minimum Gasteiger partial charge on any atom is -0.354 e. The standard InChI is InChI=1S/C30H36FN3O4S/c1-5-18-32-30(36)28(6-2)33(20-24-9-7-8-23(4)19-24)29(35)21-34(26-14-12-25(31)13-15-26)39(37,38)27-16-10-22(3)11-17-27/h7-17,19,28H,5-6,18,20-21H2,1-4H3,(H,32,36)/t28-/m1/s1. The van der Waals surface area contributed by atoms with Gasteiger partial charge in [-0.25, -0.2) is 12.8 Å². The molecule has 0 aliphatic rings. The van der Waals surface area contributed by atoms with Crippen molar-refractivity contribution in [3.05, 3.63) is 95.3 Å². The van der Waals surface area contributed by atoms with Gasteiger partial charge >= 0.3 is 0 Å². The lowest BCUT2D eigenvalue weighted by molar-refractivity contribution is -0.140. The second kappa shape index (κ2) is 13.4. The van der Waals surface area contributed by atoms with Gasteiger partial charge in [-0.2, -0.15) is 0 Å². The maximum Gasteiger partial charge on any atom is 0.264 e. The van der Waals surface area contributed by atoms with Gasteiger partial charge in [0.1, 0.15) is 18.4 Å². The summed E-state index contributed by atoms with van der Waals surface area (Å²) in [4.78, 5) is 28.5. The fourth-order valence-electron chi connectivity index (χ4n) is 4.27. The lowest BCUT2D eigenvalue weighted by Crippen LogP contribution is -2.52. The normalized spacial score (nSPS) is 12.0. The predicted molar refractivity (Wildman–Crippen MR) is 151 cm³/mol. The highest BCUT2D eigenvalue weighted by molar-refractivity contribution is 7.92. The summed E-state index contributed by atoms with van der Waals surface area (Å²) in [7, 11) is -4.20. The van der Waals surface area contributed by atoms with Gasteiger partial charge in [0.25, 0.3) is 10.0 Å². The van der Waals surface area contributed by atoms with Crippen LogP contribution in [0, 0.1) is 19.7 Å². The van der Waals surface area contributed by atoms with E-state index in [0.717, 1.165) is 39.5 Å². The molecule has 2 amide bonds. The third-order valence-corrected chi connectivity index (χ3v) is 8.16. The van der Waals surface area contributed by atoms with Crippen LogP contribution in [0.2, 0.25) is 0 Å². The van der Waals surface area contributed by atoms with E-state index in [1.807, 2.05) is 52.0 Å². The molecular weight excluding hydrogens is 517 g/mol. The van der Waals surface area contributed by atoms with Crippen molar-refractivity contribution in [2.45, 2.75) is 58.0 Å². The molecule has 0 saturated carbocycles. The largest absolute Gasteiger partial charge is 0.354 e. The van der Waals surface area contributed by atoms with Crippen LogP contribution in [0.4, 0.5) is 10.1 Å². The molecule has 1 atom stereocenters. The van der Waals surface area contributed by atoms with Crippen molar-refractivity contribution in [3.63, 3.8) is 0 Å². The van der Waals surface area contributed by atoms with Crippen LogP contribution in [0.15, 0.2) is 77.7 Å². The summed E-state index contributed by atoms with van der Waals surface area (Å²) >= 11 is 0. The molecule has 0 fully saturated rings. The zero-order valence-electron chi connectivity index (χ0n) is 22.9. The van der Waals surface area contributed by atoms with E-state index in [4.69, 9.17) is 0 Å². The maximum absolute atomic E-state index is 14.0. The number of hydrogen-bond acceptors (Lipinski definition) is 4. The van der Waals surface area contributed by atoms with Gasteiger partial charge in [-0.15, -0.1) is 0 Å². The number of carbonyl (C=O) groups is 2. The molecule has 39 heavy (non-hydrogen) atoms. The summed E-state index contributed by atoms with van der Waals surface area (Å²) in [6.45, 7) is 7.55. The quantitative estimate of drug-likeness (QED) is 0.343. The first-order chi connectivity index (χ1) is 18.6. The van der Waals surface area contributed by atoms with E-state index in [0.29, 0.717) is 13.0 Å². The minimum absolute atomic E-state index is 0.00295. The number of benzene rings is 3. The molecular formula is C30H36FN3O4S. The van der Waals surface area contributed by atoms with Gasteiger partial charge in [0.15, 0.2) is 0 Å². The number of nitrogens with one attached hydrogen (secondary N) is 1. The number of amides is 2. The first-order valence-corrected chi connectivity index (χ1v) is 14.5. The van der Waals surface area contributed by atoms with Crippen LogP contribution in [-0.2, 0) is 26.2 Å². The third kappa shape index (κ3) is 7.66. The van der Waals surface area contributed by atoms with E-state index < -0.39 is 34.3 Å². The van der Waals surface area contributed by atoms with Crippen LogP contribution in [0.1, 0.15) is 43.4 Å². The van der Waals surface area contributed by atoms with Crippen molar-refractivity contribution >= 4 is 27.5 Å². The van der Waals surface area contributed by atoms with E-state index in [1.54, 1.807) is 12.1 Å². The zero-order valence-corrected chi connectivity index (χ0v) is 23.7. The van der Waals surface area contributed by atoms with Gasteiger partial charge in [-0.1, -0.05) is 61.4 Å². The second-order valence-electron chi connectivity index (χ2n) is 9.53. The van der Waals surface area contributed by atoms with Gasteiger partial charge in [0.05, 0.1) is 10.6 Å². The number of hydrogen-bond donors (Lipinski definition) is 1. The second-order valence-corrected chi connectivity index (χ2v) is 11.4. The Morgan fingerprint density at radius 3 is 2.18 bits per heavy atom. The average molecular weight is 554 g/mol. The summed E-state index contributed by atoms with van der Waals surface area (Å²) in [5.41, 5.74) is 2.84. The molecule has 1 N–H and O–H groups in total. The monoisotopic (exact) mass is 553 g/mol. The van der Waals surface area contributed by atoms with E-state index in [9.17, 15) is 22.4 Å². The van der Waals surface area contributed by atoms with E-state index in [1.165, 1.54) is 29.2 Å². The first-order valence-electron chi connectivity index (χ1n) is 13.0. The summed E-state index contributed by atoms with van der Waals surface area (Å²) in [6, 6.07) is 18.0. The summed E-state index contributed by atoms with van der Waals surface area (Å²) < 4.78 is 42.3. The Morgan fingerprint density at radius 1 is 0.923 bits per heavy atom. The first kappa shape index (κ1) is 29.8. The molecule has 0 aliphatic carbocycles. The molecule has 0 spiro atoms. The number of anilines is 1. The van der Waals surface area contributed by atoms with Gasteiger partial charge in [-0.3, -0.25) is 13.9 Å². The molecule has 0 unspecified atom stereocenters. The van der Waals surface area contributed by atoms with Gasteiger partial charge in [-0.05, 0) is 68.7 Å². The number of aryl methyl sites for hydroxylation is 2. The molecule has 0 heterocycles.